The average Bonchev–Trinajstić information content (AvgIpc) is 2.70. The van der Waals surface area contributed by atoms with Gasteiger partial charge in [-0.3, -0.25) is 13.4 Å². The predicted molar refractivity (Wildman–Crippen MR) is 107 cm³/mol. The smallest absolute Gasteiger partial charge is 0.271 e. The molecule has 0 atom stereocenters. The summed E-state index contributed by atoms with van der Waals surface area (Å²) in [6.45, 7) is 0. The summed E-state index contributed by atoms with van der Waals surface area (Å²) in [5.74, 6) is -0.311. The van der Waals surface area contributed by atoms with Crippen molar-refractivity contribution in [3.63, 3.8) is 0 Å². The second-order valence-electron chi connectivity index (χ2n) is 6.73. The summed E-state index contributed by atoms with van der Waals surface area (Å²) >= 11 is 0. The zero-order chi connectivity index (χ0) is 20.7. The third-order valence-corrected chi connectivity index (χ3v) is 8.85. The lowest BCUT2D eigenvalue weighted by Crippen LogP contribution is -2.39. The summed E-state index contributed by atoms with van der Waals surface area (Å²) in [7, 11) is -5.98. The average molecular weight is 430 g/mol. The van der Waals surface area contributed by atoms with Crippen LogP contribution in [0.4, 0.5) is 11.4 Å². The monoisotopic (exact) mass is 430 g/mol. The molecule has 3 heterocycles. The Hall–Kier alpha value is -3.11. The Bertz CT molecular complexity index is 1380. The number of benzene rings is 2. The van der Waals surface area contributed by atoms with Crippen LogP contribution in [-0.4, -0.2) is 30.9 Å². The lowest BCUT2D eigenvalue weighted by atomic mass is 10.1. The molecule has 5 rings (SSSR count). The molecular formula is C19H14N2O6S2. The number of fused-ring (bicyclic) bond motifs is 6. The number of sulfonamides is 2. The minimum absolute atomic E-state index is 0.156. The topological polar surface area (TPSA) is 105 Å². The van der Waals surface area contributed by atoms with Crippen molar-refractivity contribution in [3.05, 3.63) is 58.8 Å². The van der Waals surface area contributed by atoms with Crippen molar-refractivity contribution < 1.29 is 21.3 Å². The van der Waals surface area contributed by atoms with Gasteiger partial charge in [0.2, 0.25) is 5.43 Å². The molecule has 3 aromatic rings. The SMILES string of the molecule is CN1c2ccccc2-c2oc3c(c(=O)c2S1(=O)=O)S(=O)(=O)N(C)c1ccccc1-3. The van der Waals surface area contributed by atoms with E-state index in [4.69, 9.17) is 4.42 Å². The van der Waals surface area contributed by atoms with Crippen molar-refractivity contribution in [1.82, 2.24) is 0 Å². The van der Waals surface area contributed by atoms with Gasteiger partial charge in [-0.05, 0) is 24.3 Å². The molecule has 2 aliphatic heterocycles. The lowest BCUT2D eigenvalue weighted by molar-refractivity contribution is 0.528. The summed E-state index contributed by atoms with van der Waals surface area (Å²) in [6, 6.07) is 13.1. The maximum absolute atomic E-state index is 13.3. The van der Waals surface area contributed by atoms with Gasteiger partial charge in [0.15, 0.2) is 21.3 Å². The maximum Gasteiger partial charge on any atom is 0.271 e. The van der Waals surface area contributed by atoms with E-state index < -0.39 is 35.3 Å². The van der Waals surface area contributed by atoms with Gasteiger partial charge >= 0.3 is 0 Å². The molecule has 1 aromatic heterocycles. The fraction of sp³-hybridized carbons (Fsp3) is 0.105. The second kappa shape index (κ2) is 5.49. The Morgan fingerprint density at radius 1 is 0.690 bits per heavy atom. The zero-order valence-corrected chi connectivity index (χ0v) is 16.9. The van der Waals surface area contributed by atoms with Crippen LogP contribution in [-0.2, 0) is 20.0 Å². The maximum atomic E-state index is 13.3. The third kappa shape index (κ3) is 2.10. The van der Waals surface area contributed by atoms with Gasteiger partial charge in [-0.1, -0.05) is 24.3 Å². The fourth-order valence-corrected chi connectivity index (χ4v) is 6.63. The van der Waals surface area contributed by atoms with Gasteiger partial charge in [0, 0.05) is 25.2 Å². The number of para-hydroxylation sites is 2. The van der Waals surface area contributed by atoms with E-state index in [1.807, 2.05) is 0 Å². The minimum Gasteiger partial charge on any atom is -0.453 e. The first-order chi connectivity index (χ1) is 13.7. The Kier molecular flexibility index (Phi) is 3.40. The molecule has 0 saturated heterocycles. The Morgan fingerprint density at radius 3 is 1.48 bits per heavy atom. The highest BCUT2D eigenvalue weighted by atomic mass is 32.2. The third-order valence-electron chi connectivity index (χ3n) is 5.24. The summed E-state index contributed by atoms with van der Waals surface area (Å²) in [5, 5.41) is 0. The van der Waals surface area contributed by atoms with Crippen LogP contribution in [0.1, 0.15) is 0 Å². The van der Waals surface area contributed by atoms with Crippen LogP contribution in [0.25, 0.3) is 22.6 Å². The molecule has 0 radical (unpaired) electrons. The van der Waals surface area contributed by atoms with E-state index in [2.05, 4.69) is 0 Å². The number of nitrogens with zero attached hydrogens (tertiary/aromatic N) is 2. The van der Waals surface area contributed by atoms with Crippen molar-refractivity contribution >= 4 is 31.4 Å². The number of anilines is 2. The molecule has 0 fully saturated rings. The van der Waals surface area contributed by atoms with E-state index in [-0.39, 0.29) is 11.5 Å². The zero-order valence-electron chi connectivity index (χ0n) is 15.3. The molecule has 148 valence electrons. The molecule has 2 aromatic carbocycles. The largest absolute Gasteiger partial charge is 0.453 e. The van der Waals surface area contributed by atoms with Crippen LogP contribution in [0.15, 0.2) is 67.5 Å². The van der Waals surface area contributed by atoms with Crippen molar-refractivity contribution in [2.45, 2.75) is 9.79 Å². The van der Waals surface area contributed by atoms with Crippen LogP contribution in [0.3, 0.4) is 0 Å². The molecule has 0 spiro atoms. The van der Waals surface area contributed by atoms with Gasteiger partial charge < -0.3 is 4.42 Å². The van der Waals surface area contributed by atoms with Crippen LogP contribution in [0.2, 0.25) is 0 Å². The predicted octanol–water partition coefficient (Wildman–Crippen LogP) is 2.25. The van der Waals surface area contributed by atoms with Gasteiger partial charge in [-0.15, -0.1) is 0 Å². The van der Waals surface area contributed by atoms with Gasteiger partial charge in [0.25, 0.3) is 20.0 Å². The standard InChI is InChI=1S/C19H14N2O6S2/c1-20-13-9-5-3-7-11(13)16-18(28(20,23)24)15(22)19-17(27-16)12-8-4-6-10-14(12)21(2)29(19,25)26/h3-10H,1-2H3. The van der Waals surface area contributed by atoms with Crippen molar-refractivity contribution in [3.8, 4) is 22.6 Å². The molecule has 29 heavy (non-hydrogen) atoms. The lowest BCUT2D eigenvalue weighted by Gasteiger charge is -2.31. The Labute approximate surface area is 166 Å². The number of hydrogen-bond acceptors (Lipinski definition) is 6. The van der Waals surface area contributed by atoms with E-state index in [0.29, 0.717) is 22.5 Å². The molecule has 0 N–H and O–H groups in total. The molecule has 0 amide bonds. The number of rotatable bonds is 0. The van der Waals surface area contributed by atoms with Gasteiger partial charge in [-0.25, -0.2) is 16.8 Å². The van der Waals surface area contributed by atoms with E-state index in [1.165, 1.54) is 14.1 Å². The normalized spacial score (nSPS) is 17.7. The summed E-state index contributed by atoms with van der Waals surface area (Å²) in [4.78, 5) is 12.0. The van der Waals surface area contributed by atoms with Crippen LogP contribution >= 0.6 is 0 Å². The first-order valence-electron chi connectivity index (χ1n) is 8.55. The van der Waals surface area contributed by atoms with Crippen LogP contribution in [0.5, 0.6) is 0 Å². The number of hydrogen-bond donors (Lipinski definition) is 0. The molecule has 8 nitrogen and oxygen atoms in total. The van der Waals surface area contributed by atoms with E-state index in [9.17, 15) is 21.6 Å². The first kappa shape index (κ1) is 18.0. The summed E-state index contributed by atoms with van der Waals surface area (Å²) < 4.78 is 60.1. The highest BCUT2D eigenvalue weighted by Gasteiger charge is 2.44. The quantitative estimate of drug-likeness (QED) is 0.542. The van der Waals surface area contributed by atoms with Crippen molar-refractivity contribution in [1.29, 1.82) is 0 Å². The Morgan fingerprint density at radius 2 is 1.07 bits per heavy atom. The van der Waals surface area contributed by atoms with E-state index >= 15 is 0 Å². The summed E-state index contributed by atoms with van der Waals surface area (Å²) in [5.41, 5.74) is 0.380. The molecule has 0 unspecified atom stereocenters. The molecule has 2 aliphatic rings. The molecule has 0 saturated carbocycles. The van der Waals surface area contributed by atoms with Crippen LogP contribution in [0, 0.1) is 0 Å². The van der Waals surface area contributed by atoms with Crippen molar-refractivity contribution in [2.24, 2.45) is 0 Å². The van der Waals surface area contributed by atoms with Crippen LogP contribution < -0.4 is 14.0 Å². The highest BCUT2D eigenvalue weighted by molar-refractivity contribution is 7.93. The molecule has 0 bridgehead atoms. The second-order valence-corrected chi connectivity index (χ2v) is 10.5. The van der Waals surface area contributed by atoms with E-state index in [1.54, 1.807) is 48.5 Å². The van der Waals surface area contributed by atoms with E-state index in [0.717, 1.165) is 8.61 Å². The minimum atomic E-state index is -4.30. The molecule has 0 aliphatic carbocycles. The first-order valence-corrected chi connectivity index (χ1v) is 11.4. The summed E-state index contributed by atoms with van der Waals surface area (Å²) in [6.07, 6.45) is 0. The fourth-order valence-electron chi connectivity index (χ4n) is 3.74. The van der Waals surface area contributed by atoms with Crippen molar-refractivity contribution in [2.75, 3.05) is 22.7 Å². The highest BCUT2D eigenvalue weighted by Crippen LogP contribution is 2.47. The molecule has 10 heteroatoms. The van der Waals surface area contributed by atoms with Gasteiger partial charge in [0.05, 0.1) is 11.4 Å². The van der Waals surface area contributed by atoms with Gasteiger partial charge in [-0.2, -0.15) is 0 Å². The molecular weight excluding hydrogens is 416 g/mol. The Balaban J connectivity index is 2.02. The van der Waals surface area contributed by atoms with Gasteiger partial charge in [0.1, 0.15) is 0 Å².